The molecule has 2 heterocycles. The third kappa shape index (κ3) is 11.8. The zero-order valence-electron chi connectivity index (χ0n) is 28.2. The number of anilines is 2. The highest BCUT2D eigenvalue weighted by atomic mass is 19.4. The number of carboxylic acid groups (broad SMARTS) is 2. The number of imidazole rings is 1. The smallest absolute Gasteiger partial charge is 0.490 e. The molecule has 0 spiro atoms. The van der Waals surface area contributed by atoms with Crippen molar-refractivity contribution in [3.8, 4) is 28.5 Å². The van der Waals surface area contributed by atoms with Crippen LogP contribution >= 0.6 is 0 Å². The molecule has 0 saturated heterocycles. The number of alkyl halides is 6. The summed E-state index contributed by atoms with van der Waals surface area (Å²) in [6.45, 7) is 6.85. The number of nitrogens with one attached hydrogen (secondary N) is 2. The Morgan fingerprint density at radius 3 is 2.15 bits per heavy atom. The van der Waals surface area contributed by atoms with E-state index < -0.39 is 30.1 Å². The first-order chi connectivity index (χ1) is 24.7. The van der Waals surface area contributed by atoms with Crippen LogP contribution in [0.25, 0.3) is 11.3 Å². The van der Waals surface area contributed by atoms with Crippen LogP contribution in [0.4, 0.5) is 42.4 Å². The largest absolute Gasteiger partial charge is 0.494 e. The Hall–Kier alpha value is -6.01. The van der Waals surface area contributed by atoms with Crippen LogP contribution in [0.15, 0.2) is 60.8 Å². The highest BCUT2D eigenvalue weighted by molar-refractivity contribution is 5.95. The highest BCUT2D eigenvalue weighted by Crippen LogP contribution is 2.35. The molecule has 0 aliphatic carbocycles. The summed E-state index contributed by atoms with van der Waals surface area (Å²) in [6, 6.07) is 16.5. The number of hydrogen-bond acceptors (Lipinski definition) is 8. The SMILES string of the molecule is CCOc1cc(CN(c2ccc(C(=N)N)cc2)c2ncc(-c3ccc4c(c3)CCO4)[nH]2)c(F)c(OC(C)C)c1.O=C(O)C(F)(F)F.O=C(O)C(F)(F)F. The number of amidine groups is 1. The molecule has 1 aromatic heterocycles. The van der Waals surface area contributed by atoms with Crippen molar-refractivity contribution in [3.05, 3.63) is 83.3 Å². The molecular weight excluding hydrogens is 723 g/mol. The van der Waals surface area contributed by atoms with E-state index in [9.17, 15) is 26.3 Å². The van der Waals surface area contributed by atoms with Gasteiger partial charge in [-0.1, -0.05) is 0 Å². The van der Waals surface area contributed by atoms with E-state index in [0.717, 1.165) is 34.7 Å². The van der Waals surface area contributed by atoms with E-state index in [4.69, 9.17) is 45.2 Å². The molecule has 0 fully saturated rings. The molecule has 3 aromatic carbocycles. The molecule has 4 aromatic rings. The lowest BCUT2D eigenvalue weighted by Gasteiger charge is -2.24. The van der Waals surface area contributed by atoms with Crippen molar-refractivity contribution in [2.45, 2.75) is 52.2 Å². The second-order valence-corrected chi connectivity index (χ2v) is 11.2. The summed E-state index contributed by atoms with van der Waals surface area (Å²) in [4.78, 5) is 27.7. The van der Waals surface area contributed by atoms with E-state index in [1.807, 2.05) is 49.9 Å². The van der Waals surface area contributed by atoms with Gasteiger partial charge in [0.05, 0.1) is 37.8 Å². The van der Waals surface area contributed by atoms with Gasteiger partial charge in [-0.05, 0) is 74.9 Å². The third-order valence-electron chi connectivity index (χ3n) is 6.88. The fourth-order valence-corrected chi connectivity index (χ4v) is 4.56. The van der Waals surface area contributed by atoms with Crippen LogP contribution in [0.1, 0.15) is 37.5 Å². The topological polar surface area (TPSA) is 184 Å². The van der Waals surface area contributed by atoms with Crippen molar-refractivity contribution in [2.24, 2.45) is 5.73 Å². The second-order valence-electron chi connectivity index (χ2n) is 11.2. The molecule has 0 atom stereocenters. The minimum Gasteiger partial charge on any atom is -0.494 e. The Balaban J connectivity index is 0.000000458. The normalized spacial score (nSPS) is 12.0. The van der Waals surface area contributed by atoms with Crippen LogP contribution in [0, 0.1) is 11.2 Å². The summed E-state index contributed by atoms with van der Waals surface area (Å²) < 4.78 is 96.3. The number of nitrogen functional groups attached to an aromatic ring is 1. The monoisotopic (exact) mass is 757 g/mol. The van der Waals surface area contributed by atoms with E-state index in [0.29, 0.717) is 36.0 Å². The van der Waals surface area contributed by atoms with Gasteiger partial charge in [-0.25, -0.2) is 19.0 Å². The van der Waals surface area contributed by atoms with Crippen molar-refractivity contribution in [1.82, 2.24) is 9.97 Å². The van der Waals surface area contributed by atoms with E-state index in [2.05, 4.69) is 16.0 Å². The van der Waals surface area contributed by atoms with E-state index >= 15 is 4.39 Å². The maximum absolute atomic E-state index is 15.7. The average Bonchev–Trinajstić information content (AvgIpc) is 3.75. The average molecular weight is 758 g/mol. The zero-order chi connectivity index (χ0) is 39.7. The minimum absolute atomic E-state index is 0.0279. The lowest BCUT2D eigenvalue weighted by molar-refractivity contribution is -0.193. The zero-order valence-corrected chi connectivity index (χ0v) is 28.2. The molecular formula is C34H34F7N5O7. The molecule has 0 unspecified atom stereocenters. The van der Waals surface area contributed by atoms with Crippen LogP contribution in [0.3, 0.4) is 0 Å². The lowest BCUT2D eigenvalue weighted by atomic mass is 10.1. The Morgan fingerprint density at radius 2 is 1.62 bits per heavy atom. The first-order valence-electron chi connectivity index (χ1n) is 15.5. The highest BCUT2D eigenvalue weighted by Gasteiger charge is 2.39. The van der Waals surface area contributed by atoms with Crippen LogP contribution in [-0.4, -0.2) is 69.6 Å². The van der Waals surface area contributed by atoms with Crippen LogP contribution in [0.2, 0.25) is 0 Å². The molecule has 19 heteroatoms. The molecule has 6 N–H and O–H groups in total. The first-order valence-corrected chi connectivity index (χ1v) is 15.5. The molecule has 5 rings (SSSR count). The molecule has 0 saturated carbocycles. The number of ether oxygens (including phenoxy) is 3. The molecule has 12 nitrogen and oxygen atoms in total. The number of carboxylic acids is 2. The number of aromatic nitrogens is 2. The number of fused-ring (bicyclic) bond motifs is 1. The number of halogens is 7. The fourth-order valence-electron chi connectivity index (χ4n) is 4.56. The van der Waals surface area contributed by atoms with Gasteiger partial charge < -0.3 is 40.0 Å². The Bertz CT molecular complexity index is 1870. The van der Waals surface area contributed by atoms with Gasteiger partial charge in [0, 0.05) is 34.9 Å². The van der Waals surface area contributed by atoms with Gasteiger partial charge in [0.15, 0.2) is 11.6 Å². The van der Waals surface area contributed by atoms with Crippen LogP contribution in [-0.2, 0) is 22.6 Å². The summed E-state index contributed by atoms with van der Waals surface area (Å²) in [5.41, 5.74) is 10.4. The Kier molecular flexibility index (Phi) is 13.7. The number of nitrogens with two attached hydrogens (primary N) is 1. The lowest BCUT2D eigenvalue weighted by Crippen LogP contribution is -2.21. The van der Waals surface area contributed by atoms with Crippen molar-refractivity contribution in [1.29, 1.82) is 5.41 Å². The number of H-pyrrole nitrogens is 1. The second kappa shape index (κ2) is 17.5. The number of carbonyl (C=O) groups is 2. The minimum atomic E-state index is -5.08. The number of aromatic amines is 1. The van der Waals surface area contributed by atoms with Gasteiger partial charge >= 0.3 is 24.3 Å². The van der Waals surface area contributed by atoms with Gasteiger partial charge in [-0.3, -0.25) is 5.41 Å². The van der Waals surface area contributed by atoms with Crippen molar-refractivity contribution in [3.63, 3.8) is 0 Å². The number of benzene rings is 3. The van der Waals surface area contributed by atoms with Crippen LogP contribution in [0.5, 0.6) is 17.2 Å². The van der Waals surface area contributed by atoms with Crippen molar-refractivity contribution < 1.29 is 64.7 Å². The summed E-state index contributed by atoms with van der Waals surface area (Å²) in [7, 11) is 0. The van der Waals surface area contributed by atoms with E-state index in [1.54, 1.807) is 30.5 Å². The predicted molar refractivity (Wildman–Crippen MR) is 177 cm³/mol. The summed E-state index contributed by atoms with van der Waals surface area (Å²) in [6.07, 6.45) is -7.73. The Morgan fingerprint density at radius 1 is 1.02 bits per heavy atom. The van der Waals surface area contributed by atoms with Crippen molar-refractivity contribution >= 4 is 29.4 Å². The number of aliphatic carboxylic acids is 2. The molecule has 0 amide bonds. The standard InChI is InChI=1S/C30H32FN5O3.2C2HF3O2/c1-4-37-24-14-22(28(31)27(15-24)39-18(2)3)17-36(23-8-5-19(6-9-23)29(32)33)30-34-16-25(35-30)20-7-10-26-21(13-20)11-12-38-26;2*3-2(4,5)1(6)7/h5-10,13-16,18H,4,11-12,17H2,1-3H3,(H3,32,33)(H,34,35);2*(H,6,7). The molecule has 1 aliphatic rings. The van der Waals surface area contributed by atoms with Gasteiger partial charge in [0.1, 0.15) is 17.3 Å². The number of nitrogens with zero attached hydrogens (tertiary/aromatic N) is 2. The molecule has 0 bridgehead atoms. The molecule has 0 radical (unpaired) electrons. The van der Waals surface area contributed by atoms with Gasteiger partial charge in [0.2, 0.25) is 5.95 Å². The van der Waals surface area contributed by atoms with Crippen molar-refractivity contribution in [2.75, 3.05) is 18.1 Å². The molecule has 1 aliphatic heterocycles. The van der Waals surface area contributed by atoms with E-state index in [-0.39, 0.29) is 24.2 Å². The molecule has 53 heavy (non-hydrogen) atoms. The van der Waals surface area contributed by atoms with Gasteiger partial charge in [0.25, 0.3) is 0 Å². The quantitative estimate of drug-likeness (QED) is 0.0629. The first kappa shape index (κ1) is 41.4. The maximum atomic E-state index is 15.7. The van der Waals surface area contributed by atoms with Gasteiger partial charge in [-0.15, -0.1) is 0 Å². The third-order valence-corrected chi connectivity index (χ3v) is 6.88. The summed E-state index contributed by atoms with van der Waals surface area (Å²) >= 11 is 0. The fraction of sp³-hybridized carbons (Fsp3) is 0.294. The number of rotatable bonds is 10. The van der Waals surface area contributed by atoms with Crippen LogP contribution < -0.4 is 24.8 Å². The number of hydrogen-bond donors (Lipinski definition) is 5. The summed E-state index contributed by atoms with van der Waals surface area (Å²) in [5.74, 6) is -3.89. The molecule has 286 valence electrons. The maximum Gasteiger partial charge on any atom is 0.490 e. The Labute approximate surface area is 297 Å². The van der Waals surface area contributed by atoms with E-state index in [1.165, 1.54) is 0 Å². The summed E-state index contributed by atoms with van der Waals surface area (Å²) in [5, 5.41) is 22.0. The van der Waals surface area contributed by atoms with Gasteiger partial charge in [-0.2, -0.15) is 26.3 Å². The predicted octanol–water partition coefficient (Wildman–Crippen LogP) is 7.23.